The van der Waals surface area contributed by atoms with Crippen LogP contribution in [-0.4, -0.2) is 24.8 Å². The molecule has 2 saturated heterocycles. The Labute approximate surface area is 90.1 Å². The first kappa shape index (κ1) is 11.1. The molecule has 2 fully saturated rings. The largest absolute Gasteiger partial charge is 0.325 e. The lowest BCUT2D eigenvalue weighted by Gasteiger charge is -2.51. The van der Waals surface area contributed by atoms with E-state index in [0.717, 1.165) is 5.57 Å². The molecule has 2 aliphatic rings. The van der Waals surface area contributed by atoms with Gasteiger partial charge in [-0.3, -0.25) is 0 Å². The molecule has 0 unspecified atom stereocenters. The van der Waals surface area contributed by atoms with Crippen LogP contribution >= 0.6 is 0 Å². The van der Waals surface area contributed by atoms with Crippen molar-refractivity contribution in [2.75, 3.05) is 6.61 Å². The predicted molar refractivity (Wildman–Crippen MR) is 53.8 cm³/mol. The van der Waals surface area contributed by atoms with Crippen molar-refractivity contribution in [3.05, 3.63) is 12.2 Å². The quantitative estimate of drug-likeness (QED) is 0.494. The van der Waals surface area contributed by atoms with E-state index in [9.17, 15) is 0 Å². The topological polar surface area (TPSA) is 36.9 Å². The van der Waals surface area contributed by atoms with Crippen molar-refractivity contribution >= 4 is 0 Å². The number of hydrogen-bond donors (Lipinski definition) is 0. The Balaban J connectivity index is 2.25. The lowest BCUT2D eigenvalue weighted by molar-refractivity contribution is -0.581. The smallest absolute Gasteiger partial charge is 0.309 e. The van der Waals surface area contributed by atoms with E-state index in [1.807, 2.05) is 6.92 Å². The van der Waals surface area contributed by atoms with E-state index in [0.29, 0.717) is 6.61 Å². The lowest BCUT2D eigenvalue weighted by atomic mass is 9.81. The van der Waals surface area contributed by atoms with Gasteiger partial charge in [-0.05, 0) is 12.5 Å². The van der Waals surface area contributed by atoms with E-state index in [1.165, 1.54) is 0 Å². The molecule has 0 aromatic rings. The van der Waals surface area contributed by atoms with E-state index < -0.39 is 5.97 Å². The molecule has 3 atom stereocenters. The maximum Gasteiger partial charge on any atom is 0.309 e. The standard InChI is InChI=1S/C11H18O4/c1-7(2)8-9-10(3,4)6-12-11(5,13-9)15-14-8/h8-9H,1,6H2,2-5H3/t8-,9+,11+/m1/s1. The van der Waals surface area contributed by atoms with Gasteiger partial charge in [0.1, 0.15) is 12.2 Å². The fourth-order valence-corrected chi connectivity index (χ4v) is 1.87. The third kappa shape index (κ3) is 1.83. The highest BCUT2D eigenvalue weighted by Crippen LogP contribution is 2.42. The summed E-state index contributed by atoms with van der Waals surface area (Å²) in [6.07, 6.45) is -0.306. The average molecular weight is 214 g/mol. The third-order valence-electron chi connectivity index (χ3n) is 2.88. The molecule has 0 aromatic carbocycles. The van der Waals surface area contributed by atoms with Crippen molar-refractivity contribution in [3.63, 3.8) is 0 Å². The monoisotopic (exact) mass is 214 g/mol. The van der Waals surface area contributed by atoms with Gasteiger partial charge in [-0.2, -0.15) is 4.89 Å². The van der Waals surface area contributed by atoms with Crippen LogP contribution in [0.2, 0.25) is 0 Å². The van der Waals surface area contributed by atoms with Crippen molar-refractivity contribution in [1.29, 1.82) is 0 Å². The van der Waals surface area contributed by atoms with Crippen LogP contribution < -0.4 is 0 Å². The Morgan fingerprint density at radius 3 is 2.60 bits per heavy atom. The summed E-state index contributed by atoms with van der Waals surface area (Å²) in [4.78, 5) is 10.4. The molecule has 2 aliphatic heterocycles. The normalized spacial score (nSPS) is 43.7. The Hall–Kier alpha value is -0.420. The summed E-state index contributed by atoms with van der Waals surface area (Å²) in [5.41, 5.74) is 0.796. The fourth-order valence-electron chi connectivity index (χ4n) is 1.87. The highest BCUT2D eigenvalue weighted by molar-refractivity contribution is 5.06. The highest BCUT2D eigenvalue weighted by atomic mass is 17.3. The summed E-state index contributed by atoms with van der Waals surface area (Å²) in [5.74, 6) is -1.06. The van der Waals surface area contributed by atoms with E-state index >= 15 is 0 Å². The van der Waals surface area contributed by atoms with Crippen molar-refractivity contribution in [3.8, 4) is 0 Å². The number of hydrogen-bond acceptors (Lipinski definition) is 4. The molecule has 0 N–H and O–H groups in total. The molecular formula is C11H18O4. The highest BCUT2D eigenvalue weighted by Gasteiger charge is 2.53. The van der Waals surface area contributed by atoms with Crippen molar-refractivity contribution in [1.82, 2.24) is 0 Å². The van der Waals surface area contributed by atoms with Crippen LogP contribution in [0.15, 0.2) is 12.2 Å². The van der Waals surface area contributed by atoms with Crippen molar-refractivity contribution in [2.45, 2.75) is 45.9 Å². The average Bonchev–Trinajstić information content (AvgIpc) is 2.13. The fraction of sp³-hybridized carbons (Fsp3) is 0.818. The Morgan fingerprint density at radius 1 is 1.33 bits per heavy atom. The molecule has 0 radical (unpaired) electrons. The van der Waals surface area contributed by atoms with Gasteiger partial charge in [0, 0.05) is 12.3 Å². The van der Waals surface area contributed by atoms with E-state index in [2.05, 4.69) is 20.4 Å². The van der Waals surface area contributed by atoms with Gasteiger partial charge in [0.15, 0.2) is 0 Å². The first-order chi connectivity index (χ1) is 6.84. The summed E-state index contributed by atoms with van der Waals surface area (Å²) in [5, 5.41) is 0. The van der Waals surface area contributed by atoms with Crippen molar-refractivity contribution < 1.29 is 19.2 Å². The van der Waals surface area contributed by atoms with Gasteiger partial charge in [-0.15, -0.1) is 0 Å². The second kappa shape index (κ2) is 3.28. The minimum Gasteiger partial charge on any atom is -0.325 e. The van der Waals surface area contributed by atoms with Gasteiger partial charge in [-0.25, -0.2) is 4.89 Å². The second-order valence-corrected chi connectivity index (χ2v) is 5.12. The van der Waals surface area contributed by atoms with Crippen LogP contribution in [0.5, 0.6) is 0 Å². The molecule has 86 valence electrons. The van der Waals surface area contributed by atoms with Crippen LogP contribution in [0.3, 0.4) is 0 Å². The van der Waals surface area contributed by atoms with Crippen LogP contribution in [0, 0.1) is 5.41 Å². The number of rotatable bonds is 1. The number of fused-ring (bicyclic) bond motifs is 2. The van der Waals surface area contributed by atoms with Crippen molar-refractivity contribution in [2.24, 2.45) is 5.41 Å². The zero-order valence-electron chi connectivity index (χ0n) is 9.70. The minimum atomic E-state index is -1.06. The molecule has 4 nitrogen and oxygen atoms in total. The molecule has 0 saturated carbocycles. The molecule has 2 heterocycles. The summed E-state index contributed by atoms with van der Waals surface area (Å²) in [7, 11) is 0. The zero-order chi connectivity index (χ0) is 11.3. The van der Waals surface area contributed by atoms with Gasteiger partial charge in [0.25, 0.3) is 0 Å². The summed E-state index contributed by atoms with van der Waals surface area (Å²) >= 11 is 0. The molecule has 0 aromatic heterocycles. The van der Waals surface area contributed by atoms with E-state index in [4.69, 9.17) is 19.2 Å². The molecule has 0 spiro atoms. The van der Waals surface area contributed by atoms with Crippen LogP contribution in [0.25, 0.3) is 0 Å². The van der Waals surface area contributed by atoms with Gasteiger partial charge >= 0.3 is 5.97 Å². The first-order valence-electron chi connectivity index (χ1n) is 5.16. The summed E-state index contributed by atoms with van der Waals surface area (Å²) in [6, 6.07) is 0. The Bertz CT molecular complexity index is 286. The maximum atomic E-state index is 5.77. The van der Waals surface area contributed by atoms with E-state index in [1.54, 1.807) is 6.92 Å². The van der Waals surface area contributed by atoms with Gasteiger partial charge in [0.05, 0.1) is 6.61 Å². The first-order valence-corrected chi connectivity index (χ1v) is 5.16. The SMILES string of the molecule is C=C(C)[C@H]1OO[C@@]2(C)OCC(C)(C)[C@H]1O2. The van der Waals surface area contributed by atoms with Gasteiger partial charge in [0.2, 0.25) is 0 Å². The van der Waals surface area contributed by atoms with Gasteiger partial charge in [-0.1, -0.05) is 20.4 Å². The minimum absolute atomic E-state index is 0.0810. The third-order valence-corrected chi connectivity index (χ3v) is 2.88. The van der Waals surface area contributed by atoms with Crippen LogP contribution in [0.4, 0.5) is 0 Å². The number of ether oxygens (including phenoxy) is 2. The second-order valence-electron chi connectivity index (χ2n) is 5.12. The van der Waals surface area contributed by atoms with Gasteiger partial charge < -0.3 is 9.47 Å². The van der Waals surface area contributed by atoms with Crippen LogP contribution in [-0.2, 0) is 19.2 Å². The van der Waals surface area contributed by atoms with E-state index in [-0.39, 0.29) is 17.6 Å². The molecule has 4 heteroatoms. The summed E-state index contributed by atoms with van der Waals surface area (Å²) < 4.78 is 11.2. The zero-order valence-corrected chi connectivity index (χ0v) is 9.70. The molecule has 15 heavy (non-hydrogen) atoms. The lowest BCUT2D eigenvalue weighted by Crippen LogP contribution is -2.61. The molecular weight excluding hydrogens is 196 g/mol. The molecule has 2 bridgehead atoms. The van der Waals surface area contributed by atoms with Crippen LogP contribution in [0.1, 0.15) is 27.7 Å². The molecule has 0 aliphatic carbocycles. The molecule has 2 rings (SSSR count). The summed E-state index contributed by atoms with van der Waals surface area (Å²) in [6.45, 7) is 12.3. The molecule has 0 amide bonds. The Kier molecular flexibility index (Phi) is 2.43. The maximum absolute atomic E-state index is 5.77. The predicted octanol–water partition coefficient (Wildman–Crippen LogP) is 2.01. The Morgan fingerprint density at radius 2 is 2.00 bits per heavy atom.